The number of ether oxygens (including phenoxy) is 1. The fourth-order valence-corrected chi connectivity index (χ4v) is 2.49. The van der Waals surface area contributed by atoms with Crippen LogP contribution in [0.1, 0.15) is 26.3 Å². The molecule has 1 amide bonds. The number of carbonyl (C=O) groups excluding carboxylic acids is 1. The highest BCUT2D eigenvalue weighted by Gasteiger charge is 2.15. The van der Waals surface area contributed by atoms with Gasteiger partial charge in [0.1, 0.15) is 5.60 Å². The smallest absolute Gasteiger partial charge is 0.407 e. The normalized spacial score (nSPS) is 11.3. The molecular weight excluding hydrogens is 314 g/mol. The lowest BCUT2D eigenvalue weighted by Crippen LogP contribution is -2.32. The summed E-state index contributed by atoms with van der Waals surface area (Å²) < 4.78 is 5.26. The molecule has 3 aromatic rings. The van der Waals surface area contributed by atoms with Crippen LogP contribution in [0.15, 0.2) is 54.9 Å². The predicted octanol–water partition coefficient (Wildman–Crippen LogP) is 4.32. The number of fused-ring (bicyclic) bond motifs is 1. The first-order valence-corrected chi connectivity index (χ1v) is 8.18. The van der Waals surface area contributed by atoms with Crippen molar-refractivity contribution in [3.63, 3.8) is 0 Å². The van der Waals surface area contributed by atoms with E-state index in [0.717, 1.165) is 27.7 Å². The van der Waals surface area contributed by atoms with Crippen molar-refractivity contribution in [2.75, 3.05) is 0 Å². The minimum atomic E-state index is -0.502. The number of carbonyl (C=O) groups is 1. The van der Waals surface area contributed by atoms with Gasteiger partial charge in [0.05, 0.1) is 11.0 Å². The maximum absolute atomic E-state index is 11.8. The van der Waals surface area contributed by atoms with Gasteiger partial charge >= 0.3 is 6.09 Å². The van der Waals surface area contributed by atoms with Crippen LogP contribution in [0, 0.1) is 0 Å². The second kappa shape index (κ2) is 6.89. The molecule has 25 heavy (non-hydrogen) atoms. The zero-order valence-electron chi connectivity index (χ0n) is 14.6. The molecular formula is C20H21N3O2. The summed E-state index contributed by atoms with van der Waals surface area (Å²) in [7, 11) is 0. The van der Waals surface area contributed by atoms with E-state index in [2.05, 4.69) is 21.4 Å². The number of aromatic nitrogens is 2. The summed E-state index contributed by atoms with van der Waals surface area (Å²) in [5.74, 6) is 0. The Balaban J connectivity index is 1.75. The third-order valence-electron chi connectivity index (χ3n) is 3.57. The van der Waals surface area contributed by atoms with Crippen LogP contribution in [-0.4, -0.2) is 21.7 Å². The zero-order valence-corrected chi connectivity index (χ0v) is 14.6. The molecule has 0 aliphatic rings. The van der Waals surface area contributed by atoms with Gasteiger partial charge in [0.2, 0.25) is 0 Å². The molecule has 1 N–H and O–H groups in total. The standard InChI is InChI=1S/C20H21N3O2/c1-20(2,3)25-19(24)23-13-14-5-4-6-15(11-14)16-7-8-17-18(12-16)22-10-9-21-17/h4-12H,13H2,1-3H3,(H,23,24). The summed E-state index contributed by atoms with van der Waals surface area (Å²) in [5.41, 5.74) is 4.36. The van der Waals surface area contributed by atoms with Crippen LogP contribution < -0.4 is 5.32 Å². The molecule has 0 fully saturated rings. The van der Waals surface area contributed by atoms with E-state index in [-0.39, 0.29) is 0 Å². The van der Waals surface area contributed by atoms with Crippen LogP contribution in [0.2, 0.25) is 0 Å². The van der Waals surface area contributed by atoms with E-state index in [1.807, 2.05) is 57.2 Å². The SMILES string of the molecule is CC(C)(C)OC(=O)NCc1cccc(-c2ccc3nccnc3c2)c1. The predicted molar refractivity (Wildman–Crippen MR) is 98.0 cm³/mol. The molecule has 0 saturated carbocycles. The van der Waals surface area contributed by atoms with Crippen LogP contribution in [0.25, 0.3) is 22.2 Å². The highest BCUT2D eigenvalue weighted by molar-refractivity contribution is 5.81. The van der Waals surface area contributed by atoms with Gasteiger partial charge in [-0.15, -0.1) is 0 Å². The summed E-state index contributed by atoms with van der Waals surface area (Å²) in [6.07, 6.45) is 2.96. The number of alkyl carbamates (subject to hydrolysis) is 1. The summed E-state index contributed by atoms with van der Waals surface area (Å²) in [6, 6.07) is 14.0. The van der Waals surface area contributed by atoms with Crippen molar-refractivity contribution in [1.82, 2.24) is 15.3 Å². The van der Waals surface area contributed by atoms with Gasteiger partial charge in [0.15, 0.2) is 0 Å². The fraction of sp³-hybridized carbons (Fsp3) is 0.250. The van der Waals surface area contributed by atoms with Gasteiger partial charge in [0.25, 0.3) is 0 Å². The molecule has 0 aliphatic carbocycles. The van der Waals surface area contributed by atoms with Crippen LogP contribution in [0.5, 0.6) is 0 Å². The number of amides is 1. The van der Waals surface area contributed by atoms with E-state index < -0.39 is 11.7 Å². The number of nitrogens with zero attached hydrogens (tertiary/aromatic N) is 2. The Morgan fingerprint density at radius 2 is 1.72 bits per heavy atom. The highest BCUT2D eigenvalue weighted by Crippen LogP contribution is 2.23. The van der Waals surface area contributed by atoms with E-state index in [9.17, 15) is 4.79 Å². The maximum Gasteiger partial charge on any atom is 0.407 e. The van der Waals surface area contributed by atoms with Crippen LogP contribution in [0.3, 0.4) is 0 Å². The van der Waals surface area contributed by atoms with Crippen molar-refractivity contribution < 1.29 is 9.53 Å². The average molecular weight is 335 g/mol. The Labute approximate surface area is 147 Å². The third-order valence-corrected chi connectivity index (χ3v) is 3.57. The van der Waals surface area contributed by atoms with Gasteiger partial charge in [0, 0.05) is 18.9 Å². The molecule has 0 bridgehead atoms. The van der Waals surface area contributed by atoms with Gasteiger partial charge in [-0.2, -0.15) is 0 Å². The number of nitrogens with one attached hydrogen (secondary N) is 1. The molecule has 5 heteroatoms. The first-order chi connectivity index (χ1) is 11.9. The lowest BCUT2D eigenvalue weighted by Gasteiger charge is -2.19. The van der Waals surface area contributed by atoms with Crippen LogP contribution in [-0.2, 0) is 11.3 Å². The van der Waals surface area contributed by atoms with Crippen molar-refractivity contribution in [2.45, 2.75) is 32.9 Å². The second-order valence-corrected chi connectivity index (χ2v) is 6.82. The summed E-state index contributed by atoms with van der Waals surface area (Å²) >= 11 is 0. The molecule has 0 saturated heterocycles. The molecule has 0 radical (unpaired) electrons. The zero-order chi connectivity index (χ0) is 17.9. The molecule has 0 aliphatic heterocycles. The molecule has 128 valence electrons. The van der Waals surface area contributed by atoms with E-state index in [1.54, 1.807) is 12.4 Å². The molecule has 0 unspecified atom stereocenters. The number of rotatable bonds is 3. The largest absolute Gasteiger partial charge is 0.444 e. The lowest BCUT2D eigenvalue weighted by atomic mass is 10.0. The molecule has 1 aromatic heterocycles. The van der Waals surface area contributed by atoms with Crippen LogP contribution in [0.4, 0.5) is 4.79 Å². The number of hydrogen-bond acceptors (Lipinski definition) is 4. The van der Waals surface area contributed by atoms with Gasteiger partial charge in [-0.05, 0) is 55.7 Å². The highest BCUT2D eigenvalue weighted by atomic mass is 16.6. The van der Waals surface area contributed by atoms with E-state index in [1.165, 1.54) is 0 Å². The second-order valence-electron chi connectivity index (χ2n) is 6.82. The Hall–Kier alpha value is -2.95. The molecule has 0 atom stereocenters. The van der Waals surface area contributed by atoms with Gasteiger partial charge in [-0.1, -0.05) is 24.3 Å². The third kappa shape index (κ3) is 4.53. The minimum absolute atomic E-state index is 0.413. The van der Waals surface area contributed by atoms with Gasteiger partial charge in [-0.25, -0.2) is 4.79 Å². The van der Waals surface area contributed by atoms with Crippen molar-refractivity contribution in [2.24, 2.45) is 0 Å². The first kappa shape index (κ1) is 16.9. The van der Waals surface area contributed by atoms with E-state index in [4.69, 9.17) is 4.74 Å². The van der Waals surface area contributed by atoms with Crippen molar-refractivity contribution in [1.29, 1.82) is 0 Å². The molecule has 5 nitrogen and oxygen atoms in total. The Morgan fingerprint density at radius 1 is 1.00 bits per heavy atom. The number of hydrogen-bond donors (Lipinski definition) is 1. The topological polar surface area (TPSA) is 64.1 Å². The monoisotopic (exact) mass is 335 g/mol. The lowest BCUT2D eigenvalue weighted by molar-refractivity contribution is 0.0523. The van der Waals surface area contributed by atoms with E-state index >= 15 is 0 Å². The fourth-order valence-electron chi connectivity index (χ4n) is 2.49. The van der Waals surface area contributed by atoms with Crippen molar-refractivity contribution in [3.8, 4) is 11.1 Å². The molecule has 3 rings (SSSR count). The summed E-state index contributed by atoms with van der Waals surface area (Å²) in [4.78, 5) is 20.4. The maximum atomic E-state index is 11.8. The summed E-state index contributed by atoms with van der Waals surface area (Å²) in [5, 5.41) is 2.78. The molecule has 2 aromatic carbocycles. The Bertz CT molecular complexity index is 901. The molecule has 1 heterocycles. The number of benzene rings is 2. The van der Waals surface area contributed by atoms with Gasteiger partial charge in [-0.3, -0.25) is 9.97 Å². The van der Waals surface area contributed by atoms with Gasteiger partial charge < -0.3 is 10.1 Å². The Kier molecular flexibility index (Phi) is 4.65. The van der Waals surface area contributed by atoms with Crippen LogP contribution >= 0.6 is 0 Å². The van der Waals surface area contributed by atoms with Crippen molar-refractivity contribution in [3.05, 3.63) is 60.4 Å². The minimum Gasteiger partial charge on any atom is -0.444 e. The quantitative estimate of drug-likeness (QED) is 0.774. The first-order valence-electron chi connectivity index (χ1n) is 8.18. The van der Waals surface area contributed by atoms with Crippen molar-refractivity contribution >= 4 is 17.1 Å². The summed E-state index contributed by atoms with van der Waals surface area (Å²) in [6.45, 7) is 5.94. The molecule has 0 spiro atoms. The van der Waals surface area contributed by atoms with E-state index in [0.29, 0.717) is 6.54 Å². The Morgan fingerprint density at radius 3 is 2.48 bits per heavy atom. The average Bonchev–Trinajstić information content (AvgIpc) is 2.58.